The molecule has 2 saturated heterocycles. The molecule has 0 N–H and O–H groups in total. The van der Waals surface area contributed by atoms with E-state index in [1.54, 1.807) is 9.80 Å². The molecule has 0 unspecified atom stereocenters. The maximum Gasteiger partial charge on any atom is 0.253 e. The molecule has 2 aliphatic heterocycles. The van der Waals surface area contributed by atoms with Crippen molar-refractivity contribution in [2.45, 2.75) is 19.4 Å². The third kappa shape index (κ3) is 3.52. The molecule has 1 aromatic rings. The maximum atomic E-state index is 12.5. The summed E-state index contributed by atoms with van der Waals surface area (Å²) in [6, 6.07) is 7.48. The van der Waals surface area contributed by atoms with E-state index in [4.69, 9.17) is 0 Å². The fourth-order valence-corrected chi connectivity index (χ4v) is 3.06. The minimum absolute atomic E-state index is 0.000604. The molecule has 0 spiro atoms. The number of likely N-dealkylation sites (tertiary alicyclic amines) is 1. The third-order valence-corrected chi connectivity index (χ3v) is 4.50. The Kier molecular flexibility index (Phi) is 4.60. The summed E-state index contributed by atoms with van der Waals surface area (Å²) in [5.74, 6) is 0.206. The highest BCUT2D eigenvalue weighted by molar-refractivity contribution is 5.94. The summed E-state index contributed by atoms with van der Waals surface area (Å²) in [5.41, 5.74) is 1.70. The summed E-state index contributed by atoms with van der Waals surface area (Å²) in [6.45, 7) is 3.75. The Balaban J connectivity index is 1.59. The van der Waals surface area contributed by atoms with Gasteiger partial charge in [-0.1, -0.05) is 12.1 Å². The monoisotopic (exact) mass is 315 g/mol. The van der Waals surface area contributed by atoms with E-state index in [0.717, 1.165) is 24.9 Å². The van der Waals surface area contributed by atoms with E-state index in [2.05, 4.69) is 0 Å². The van der Waals surface area contributed by atoms with E-state index in [9.17, 15) is 14.4 Å². The Morgan fingerprint density at radius 2 is 1.74 bits per heavy atom. The molecule has 3 amide bonds. The van der Waals surface area contributed by atoms with Crippen molar-refractivity contribution in [1.82, 2.24) is 14.7 Å². The van der Waals surface area contributed by atoms with Gasteiger partial charge in [0.1, 0.15) is 0 Å². The van der Waals surface area contributed by atoms with Crippen LogP contribution in [0.25, 0.3) is 0 Å². The topological polar surface area (TPSA) is 60.9 Å². The van der Waals surface area contributed by atoms with Crippen molar-refractivity contribution in [1.29, 1.82) is 0 Å². The van der Waals surface area contributed by atoms with Crippen molar-refractivity contribution in [2.24, 2.45) is 0 Å². The minimum atomic E-state index is -0.000604. The lowest BCUT2D eigenvalue weighted by atomic mass is 10.1. The largest absolute Gasteiger partial charge is 0.342 e. The van der Waals surface area contributed by atoms with Gasteiger partial charge in [0.15, 0.2) is 0 Å². The van der Waals surface area contributed by atoms with Crippen LogP contribution < -0.4 is 0 Å². The first-order valence-electron chi connectivity index (χ1n) is 8.03. The second-order valence-corrected chi connectivity index (χ2v) is 6.05. The molecule has 0 aliphatic carbocycles. The smallest absolute Gasteiger partial charge is 0.253 e. The molecular formula is C17H21N3O3. The highest BCUT2D eigenvalue weighted by Crippen LogP contribution is 2.15. The van der Waals surface area contributed by atoms with Crippen LogP contribution in [-0.2, 0) is 16.1 Å². The molecule has 6 nitrogen and oxygen atoms in total. The number of carbonyl (C=O) groups is 3. The second kappa shape index (κ2) is 6.81. The molecule has 1 aromatic carbocycles. The Bertz CT molecular complexity index is 592. The number of hydrogen-bond acceptors (Lipinski definition) is 3. The van der Waals surface area contributed by atoms with Crippen LogP contribution in [0.1, 0.15) is 28.8 Å². The molecule has 2 fully saturated rings. The van der Waals surface area contributed by atoms with Gasteiger partial charge in [0.25, 0.3) is 5.91 Å². The quantitative estimate of drug-likeness (QED) is 0.769. The zero-order chi connectivity index (χ0) is 16.2. The molecule has 0 radical (unpaired) electrons. The predicted molar refractivity (Wildman–Crippen MR) is 84.6 cm³/mol. The summed E-state index contributed by atoms with van der Waals surface area (Å²) in [4.78, 5) is 40.1. The number of benzene rings is 1. The zero-order valence-corrected chi connectivity index (χ0v) is 13.1. The van der Waals surface area contributed by atoms with Crippen LogP contribution in [0.5, 0.6) is 0 Å². The number of rotatable bonds is 4. The van der Waals surface area contributed by atoms with Gasteiger partial charge in [0.2, 0.25) is 12.3 Å². The van der Waals surface area contributed by atoms with E-state index < -0.39 is 0 Å². The number of hydrogen-bond donors (Lipinski definition) is 0. The predicted octanol–water partition coefficient (Wildman–Crippen LogP) is 0.723. The van der Waals surface area contributed by atoms with E-state index in [1.165, 1.54) is 0 Å². The number of piperazine rings is 1. The minimum Gasteiger partial charge on any atom is -0.342 e. The molecule has 6 heteroatoms. The Labute approximate surface area is 135 Å². The SMILES string of the molecule is O=CN1CCN(C(=O)c2ccc(CN3CCCC3=O)cc2)CC1. The molecular weight excluding hydrogens is 294 g/mol. The lowest BCUT2D eigenvalue weighted by molar-refractivity contribution is -0.128. The number of carbonyl (C=O) groups excluding carboxylic acids is 3. The molecule has 23 heavy (non-hydrogen) atoms. The van der Waals surface area contributed by atoms with Crippen LogP contribution in [0.15, 0.2) is 24.3 Å². The number of nitrogens with zero attached hydrogens (tertiary/aromatic N) is 3. The summed E-state index contributed by atoms with van der Waals surface area (Å²) in [7, 11) is 0. The first-order chi connectivity index (χ1) is 11.2. The fraction of sp³-hybridized carbons (Fsp3) is 0.471. The molecule has 2 heterocycles. The van der Waals surface area contributed by atoms with Gasteiger partial charge in [0.05, 0.1) is 0 Å². The van der Waals surface area contributed by atoms with Gasteiger partial charge in [-0.05, 0) is 24.1 Å². The van der Waals surface area contributed by atoms with E-state index >= 15 is 0 Å². The first kappa shape index (κ1) is 15.5. The molecule has 122 valence electrons. The third-order valence-electron chi connectivity index (χ3n) is 4.50. The first-order valence-corrected chi connectivity index (χ1v) is 8.03. The molecule has 0 aromatic heterocycles. The van der Waals surface area contributed by atoms with E-state index in [-0.39, 0.29) is 11.8 Å². The number of amides is 3. The standard InChI is InChI=1S/C17H21N3O3/c21-13-18-8-10-19(11-9-18)17(23)15-5-3-14(4-6-15)12-20-7-1-2-16(20)22/h3-6,13H,1-2,7-12H2. The molecule has 2 aliphatic rings. The summed E-state index contributed by atoms with van der Waals surface area (Å²) in [5, 5.41) is 0. The summed E-state index contributed by atoms with van der Waals surface area (Å²) in [6.07, 6.45) is 2.40. The summed E-state index contributed by atoms with van der Waals surface area (Å²) >= 11 is 0. The maximum absolute atomic E-state index is 12.5. The van der Waals surface area contributed by atoms with E-state index in [1.807, 2.05) is 29.2 Å². The lowest BCUT2D eigenvalue weighted by Gasteiger charge is -2.32. The van der Waals surface area contributed by atoms with Gasteiger partial charge in [-0.3, -0.25) is 14.4 Å². The van der Waals surface area contributed by atoms with Crippen molar-refractivity contribution in [3.8, 4) is 0 Å². The van der Waals surface area contributed by atoms with Crippen molar-refractivity contribution in [2.75, 3.05) is 32.7 Å². The van der Waals surface area contributed by atoms with Crippen LogP contribution in [0.4, 0.5) is 0 Å². The van der Waals surface area contributed by atoms with Crippen molar-refractivity contribution in [3.63, 3.8) is 0 Å². The van der Waals surface area contributed by atoms with Gasteiger partial charge in [-0.15, -0.1) is 0 Å². The van der Waals surface area contributed by atoms with Gasteiger partial charge in [-0.25, -0.2) is 0 Å². The summed E-state index contributed by atoms with van der Waals surface area (Å²) < 4.78 is 0. The Hall–Kier alpha value is -2.37. The van der Waals surface area contributed by atoms with Crippen LogP contribution in [0.2, 0.25) is 0 Å². The molecule has 0 bridgehead atoms. The van der Waals surface area contributed by atoms with Crippen molar-refractivity contribution < 1.29 is 14.4 Å². The average molecular weight is 315 g/mol. The fourth-order valence-electron chi connectivity index (χ4n) is 3.06. The van der Waals surface area contributed by atoms with Crippen molar-refractivity contribution in [3.05, 3.63) is 35.4 Å². The lowest BCUT2D eigenvalue weighted by Crippen LogP contribution is -2.48. The van der Waals surface area contributed by atoms with Gasteiger partial charge in [-0.2, -0.15) is 0 Å². The van der Waals surface area contributed by atoms with Crippen LogP contribution in [-0.4, -0.2) is 65.6 Å². The van der Waals surface area contributed by atoms with Crippen LogP contribution in [0, 0.1) is 0 Å². The highest BCUT2D eigenvalue weighted by Gasteiger charge is 2.22. The molecule has 0 atom stereocenters. The van der Waals surface area contributed by atoms with Crippen molar-refractivity contribution >= 4 is 18.2 Å². The molecule has 3 rings (SSSR count). The zero-order valence-electron chi connectivity index (χ0n) is 13.1. The molecule has 0 saturated carbocycles. The Morgan fingerprint density at radius 1 is 1.04 bits per heavy atom. The van der Waals surface area contributed by atoms with Crippen LogP contribution >= 0.6 is 0 Å². The highest BCUT2D eigenvalue weighted by atomic mass is 16.2. The normalized spacial score (nSPS) is 18.4. The van der Waals surface area contributed by atoms with Gasteiger partial charge < -0.3 is 14.7 Å². The second-order valence-electron chi connectivity index (χ2n) is 6.05. The van der Waals surface area contributed by atoms with Crippen LogP contribution in [0.3, 0.4) is 0 Å². The average Bonchev–Trinajstić information content (AvgIpc) is 3.00. The van der Waals surface area contributed by atoms with E-state index in [0.29, 0.717) is 44.7 Å². The Morgan fingerprint density at radius 3 is 2.30 bits per heavy atom. The van der Waals surface area contributed by atoms with Gasteiger partial charge >= 0.3 is 0 Å². The van der Waals surface area contributed by atoms with Gasteiger partial charge in [0, 0.05) is 51.3 Å².